The molecule has 0 spiro atoms. The number of rotatable bonds is 10. The summed E-state index contributed by atoms with van der Waals surface area (Å²) < 4.78 is 12.0. The molecule has 8 heteroatoms. The molecular weight excluding hydrogens is 404 g/mol. The summed E-state index contributed by atoms with van der Waals surface area (Å²) in [6.07, 6.45) is 1.77. The van der Waals surface area contributed by atoms with Gasteiger partial charge in [-0.3, -0.25) is 4.79 Å². The number of ether oxygens (including phenoxy) is 2. The zero-order valence-electron chi connectivity index (χ0n) is 17.1. The molecule has 0 atom stereocenters. The van der Waals surface area contributed by atoms with E-state index in [1.165, 1.54) is 0 Å². The van der Waals surface area contributed by atoms with E-state index < -0.39 is 0 Å². The van der Waals surface area contributed by atoms with E-state index in [1.807, 2.05) is 54.6 Å². The van der Waals surface area contributed by atoms with E-state index in [4.69, 9.17) is 9.47 Å². The first kappa shape index (κ1) is 23.4. The van der Waals surface area contributed by atoms with Gasteiger partial charge in [0, 0.05) is 38.5 Å². The number of aromatic nitrogens is 2. The zero-order valence-corrected chi connectivity index (χ0v) is 17.9. The van der Waals surface area contributed by atoms with E-state index in [0.29, 0.717) is 31.0 Å². The Kier molecular flexibility index (Phi) is 9.34. The van der Waals surface area contributed by atoms with Crippen LogP contribution < -0.4 is 15.4 Å². The second-order valence-corrected chi connectivity index (χ2v) is 6.40. The maximum Gasteiger partial charge on any atom is 0.255 e. The molecule has 2 aromatic carbocycles. The van der Waals surface area contributed by atoms with E-state index in [9.17, 15) is 4.79 Å². The second-order valence-electron chi connectivity index (χ2n) is 6.40. The first-order valence-corrected chi connectivity index (χ1v) is 9.50. The van der Waals surface area contributed by atoms with Crippen LogP contribution in [0.2, 0.25) is 0 Å². The summed E-state index contributed by atoms with van der Waals surface area (Å²) in [5.74, 6) is 0.593. The molecule has 1 amide bonds. The summed E-state index contributed by atoms with van der Waals surface area (Å²) >= 11 is 0. The Morgan fingerprint density at radius 3 is 2.40 bits per heavy atom. The predicted octanol–water partition coefficient (Wildman–Crippen LogP) is 2.94. The molecule has 0 aliphatic carbocycles. The number of carbonyl (C=O) groups excluding carboxylic acids is 1. The third kappa shape index (κ3) is 6.06. The first-order valence-electron chi connectivity index (χ1n) is 9.50. The molecule has 0 saturated heterocycles. The molecule has 1 heterocycles. The standard InChI is InChI=1S/C22H26N4O3.ClH/c1-28-15-14-23-12-13-24-22(27)20-16-26(18-6-4-3-5-7-18)25-21(20)17-8-10-19(29-2)11-9-17;/h3-11,16,23H,12-15H2,1-2H3,(H,24,27);1H. The maximum absolute atomic E-state index is 12.9. The van der Waals surface area contributed by atoms with Gasteiger partial charge in [-0.05, 0) is 36.4 Å². The molecule has 0 fully saturated rings. The summed E-state index contributed by atoms with van der Waals surface area (Å²) in [7, 11) is 3.28. The number of hydrogen-bond donors (Lipinski definition) is 2. The number of halogens is 1. The second kappa shape index (κ2) is 12.0. The SMILES string of the molecule is COCCNCCNC(=O)c1cn(-c2ccccc2)nc1-c1ccc(OC)cc1.Cl. The monoisotopic (exact) mass is 430 g/mol. The summed E-state index contributed by atoms with van der Waals surface area (Å²) in [6.45, 7) is 2.57. The molecule has 2 N–H and O–H groups in total. The molecule has 0 saturated carbocycles. The smallest absolute Gasteiger partial charge is 0.255 e. The Hall–Kier alpha value is -2.87. The molecule has 160 valence electrons. The molecule has 3 aromatic rings. The number of nitrogens with zero attached hydrogens (tertiary/aromatic N) is 2. The Bertz CT molecular complexity index is 914. The summed E-state index contributed by atoms with van der Waals surface area (Å²) in [5, 5.41) is 10.8. The quantitative estimate of drug-likeness (QED) is 0.483. The molecule has 0 aliphatic rings. The minimum Gasteiger partial charge on any atom is -0.497 e. The van der Waals surface area contributed by atoms with Crippen LogP contribution in [-0.4, -0.2) is 56.1 Å². The zero-order chi connectivity index (χ0) is 20.5. The highest BCUT2D eigenvalue weighted by Gasteiger charge is 2.18. The van der Waals surface area contributed by atoms with Crippen LogP contribution in [0.4, 0.5) is 0 Å². The van der Waals surface area contributed by atoms with Gasteiger partial charge in [0.2, 0.25) is 0 Å². The number of para-hydroxylation sites is 1. The van der Waals surface area contributed by atoms with Crippen LogP contribution in [0.3, 0.4) is 0 Å². The maximum atomic E-state index is 12.9. The highest BCUT2D eigenvalue weighted by molar-refractivity contribution is 6.00. The topological polar surface area (TPSA) is 77.4 Å². The lowest BCUT2D eigenvalue weighted by Gasteiger charge is -2.07. The van der Waals surface area contributed by atoms with Crippen molar-refractivity contribution in [3.8, 4) is 22.7 Å². The summed E-state index contributed by atoms with van der Waals surface area (Å²) in [6, 6.07) is 17.3. The summed E-state index contributed by atoms with van der Waals surface area (Å²) in [5.41, 5.74) is 2.89. The van der Waals surface area contributed by atoms with Crippen LogP contribution in [0.5, 0.6) is 5.75 Å². The lowest BCUT2D eigenvalue weighted by molar-refractivity contribution is 0.0954. The molecule has 0 bridgehead atoms. The summed E-state index contributed by atoms with van der Waals surface area (Å²) in [4.78, 5) is 12.9. The van der Waals surface area contributed by atoms with Gasteiger partial charge in [0.1, 0.15) is 11.4 Å². The van der Waals surface area contributed by atoms with Gasteiger partial charge >= 0.3 is 0 Å². The van der Waals surface area contributed by atoms with E-state index in [-0.39, 0.29) is 18.3 Å². The fraction of sp³-hybridized carbons (Fsp3) is 0.273. The van der Waals surface area contributed by atoms with Crippen LogP contribution in [0.25, 0.3) is 16.9 Å². The van der Waals surface area contributed by atoms with Crippen molar-refractivity contribution in [2.75, 3.05) is 40.5 Å². The van der Waals surface area contributed by atoms with Crippen molar-refractivity contribution < 1.29 is 14.3 Å². The molecule has 30 heavy (non-hydrogen) atoms. The minimum absolute atomic E-state index is 0. The molecular formula is C22H27ClN4O3. The number of carbonyl (C=O) groups is 1. The molecule has 0 aliphatic heterocycles. The molecule has 1 aromatic heterocycles. The van der Waals surface area contributed by atoms with Crippen molar-refractivity contribution in [2.24, 2.45) is 0 Å². The van der Waals surface area contributed by atoms with Gasteiger partial charge in [-0.25, -0.2) is 4.68 Å². The third-order valence-electron chi connectivity index (χ3n) is 4.41. The molecule has 7 nitrogen and oxygen atoms in total. The van der Waals surface area contributed by atoms with E-state index in [0.717, 1.165) is 23.5 Å². The number of benzene rings is 2. The number of methoxy groups -OCH3 is 2. The fourth-order valence-electron chi connectivity index (χ4n) is 2.87. The predicted molar refractivity (Wildman–Crippen MR) is 120 cm³/mol. The first-order chi connectivity index (χ1) is 14.2. The average molecular weight is 431 g/mol. The van der Waals surface area contributed by atoms with Crippen molar-refractivity contribution in [3.63, 3.8) is 0 Å². The third-order valence-corrected chi connectivity index (χ3v) is 4.41. The van der Waals surface area contributed by atoms with Gasteiger partial charge in [0.25, 0.3) is 5.91 Å². The molecule has 0 unspecified atom stereocenters. The largest absolute Gasteiger partial charge is 0.497 e. The van der Waals surface area contributed by atoms with Crippen LogP contribution in [0, 0.1) is 0 Å². The van der Waals surface area contributed by atoms with Gasteiger partial charge in [-0.1, -0.05) is 18.2 Å². The Morgan fingerprint density at radius 1 is 1.00 bits per heavy atom. The van der Waals surface area contributed by atoms with Gasteiger partial charge in [-0.15, -0.1) is 12.4 Å². The van der Waals surface area contributed by atoms with Crippen LogP contribution >= 0.6 is 12.4 Å². The Morgan fingerprint density at radius 2 is 1.73 bits per heavy atom. The van der Waals surface area contributed by atoms with Crippen molar-refractivity contribution in [2.45, 2.75) is 0 Å². The van der Waals surface area contributed by atoms with Crippen molar-refractivity contribution in [3.05, 3.63) is 66.4 Å². The van der Waals surface area contributed by atoms with Crippen molar-refractivity contribution >= 4 is 18.3 Å². The van der Waals surface area contributed by atoms with Crippen molar-refractivity contribution in [1.29, 1.82) is 0 Å². The highest BCUT2D eigenvalue weighted by Crippen LogP contribution is 2.25. The van der Waals surface area contributed by atoms with Crippen LogP contribution in [0.15, 0.2) is 60.8 Å². The number of nitrogens with one attached hydrogen (secondary N) is 2. The van der Waals surface area contributed by atoms with Gasteiger partial charge in [0.05, 0.1) is 25.0 Å². The minimum atomic E-state index is -0.161. The number of amides is 1. The Balaban J connectivity index is 0.00000320. The normalized spacial score (nSPS) is 10.3. The molecule has 0 radical (unpaired) electrons. The highest BCUT2D eigenvalue weighted by atomic mass is 35.5. The lowest BCUT2D eigenvalue weighted by Crippen LogP contribution is -2.33. The lowest BCUT2D eigenvalue weighted by atomic mass is 10.1. The van der Waals surface area contributed by atoms with Gasteiger partial charge in [0.15, 0.2) is 0 Å². The Labute approximate surface area is 182 Å². The van der Waals surface area contributed by atoms with Gasteiger partial charge in [-0.2, -0.15) is 5.10 Å². The van der Waals surface area contributed by atoms with Crippen LogP contribution in [-0.2, 0) is 4.74 Å². The van der Waals surface area contributed by atoms with E-state index in [1.54, 1.807) is 25.1 Å². The van der Waals surface area contributed by atoms with E-state index >= 15 is 0 Å². The van der Waals surface area contributed by atoms with Gasteiger partial charge < -0.3 is 20.1 Å². The number of hydrogen-bond acceptors (Lipinski definition) is 5. The van der Waals surface area contributed by atoms with Crippen molar-refractivity contribution in [1.82, 2.24) is 20.4 Å². The fourth-order valence-corrected chi connectivity index (χ4v) is 2.87. The molecule has 3 rings (SSSR count). The van der Waals surface area contributed by atoms with Crippen LogP contribution in [0.1, 0.15) is 10.4 Å². The average Bonchev–Trinajstić information content (AvgIpc) is 3.22. The van der Waals surface area contributed by atoms with E-state index in [2.05, 4.69) is 15.7 Å².